The Bertz CT molecular complexity index is 359. The number of thioether (sulfide) groups is 1. The number of methoxy groups -OCH3 is 2. The highest BCUT2D eigenvalue weighted by molar-refractivity contribution is 7.98. The molecule has 0 saturated heterocycles. The van der Waals surface area contributed by atoms with E-state index in [-0.39, 0.29) is 18.4 Å². The summed E-state index contributed by atoms with van der Waals surface area (Å²) in [4.78, 5) is 1.08. The molecule has 1 rings (SSSR count). The fraction of sp³-hybridized carbons (Fsp3) is 0.500. The maximum absolute atomic E-state index is 5.81. The van der Waals surface area contributed by atoms with Crippen molar-refractivity contribution in [3.8, 4) is 11.5 Å². The first-order valence-corrected chi connectivity index (χ1v) is 6.39. The molecule has 0 heterocycles. The summed E-state index contributed by atoms with van der Waals surface area (Å²) >= 11 is 1.64. The largest absolute Gasteiger partial charge is 0.496 e. The molecule has 1 aromatic rings. The third-order valence-electron chi connectivity index (χ3n) is 2.33. The van der Waals surface area contributed by atoms with Crippen LogP contribution in [0, 0.1) is 0 Å². The van der Waals surface area contributed by atoms with E-state index in [2.05, 4.69) is 0 Å². The van der Waals surface area contributed by atoms with E-state index in [4.69, 9.17) is 15.2 Å². The molecule has 0 radical (unpaired) electrons. The van der Waals surface area contributed by atoms with Crippen molar-refractivity contribution >= 4 is 24.2 Å². The standard InChI is InChI=1S/C12H19NO2S.ClH/c1-8(13)5-9-6-11(15-3)12(16-4)7-10(9)14-2;/h6-8H,5,13H2,1-4H3;1H. The highest BCUT2D eigenvalue weighted by Gasteiger charge is 2.11. The predicted octanol–water partition coefficient (Wildman–Crippen LogP) is 2.74. The molecule has 98 valence electrons. The van der Waals surface area contributed by atoms with Gasteiger partial charge in [-0.05, 0) is 37.3 Å². The van der Waals surface area contributed by atoms with Crippen molar-refractivity contribution in [3.63, 3.8) is 0 Å². The maximum atomic E-state index is 5.81. The molecular formula is C12H20ClNO2S. The Morgan fingerprint density at radius 1 is 1.24 bits per heavy atom. The Labute approximate surface area is 113 Å². The third kappa shape index (κ3) is 4.30. The zero-order valence-corrected chi connectivity index (χ0v) is 12.3. The van der Waals surface area contributed by atoms with E-state index in [1.165, 1.54) is 0 Å². The van der Waals surface area contributed by atoms with Gasteiger partial charge in [0.25, 0.3) is 0 Å². The minimum Gasteiger partial charge on any atom is -0.496 e. The van der Waals surface area contributed by atoms with E-state index in [0.29, 0.717) is 0 Å². The Kier molecular flexibility index (Phi) is 7.43. The molecule has 1 atom stereocenters. The highest BCUT2D eigenvalue weighted by atomic mass is 35.5. The lowest BCUT2D eigenvalue weighted by molar-refractivity contribution is 0.389. The van der Waals surface area contributed by atoms with Gasteiger partial charge in [0.2, 0.25) is 0 Å². The second-order valence-electron chi connectivity index (χ2n) is 3.70. The average molecular weight is 278 g/mol. The third-order valence-corrected chi connectivity index (χ3v) is 3.09. The molecule has 0 bridgehead atoms. The molecule has 0 amide bonds. The first-order valence-electron chi connectivity index (χ1n) is 5.16. The number of rotatable bonds is 5. The smallest absolute Gasteiger partial charge is 0.132 e. The van der Waals surface area contributed by atoms with Gasteiger partial charge in [-0.1, -0.05) is 0 Å². The van der Waals surface area contributed by atoms with Gasteiger partial charge in [-0.2, -0.15) is 0 Å². The monoisotopic (exact) mass is 277 g/mol. The van der Waals surface area contributed by atoms with Crippen LogP contribution in [0.3, 0.4) is 0 Å². The molecular weight excluding hydrogens is 258 g/mol. The van der Waals surface area contributed by atoms with Gasteiger partial charge in [0.15, 0.2) is 0 Å². The van der Waals surface area contributed by atoms with Gasteiger partial charge in [-0.15, -0.1) is 24.2 Å². The van der Waals surface area contributed by atoms with E-state index in [0.717, 1.165) is 28.4 Å². The molecule has 2 N–H and O–H groups in total. The van der Waals surface area contributed by atoms with Crippen LogP contribution in [0.5, 0.6) is 11.5 Å². The van der Waals surface area contributed by atoms with Crippen LogP contribution in [0.2, 0.25) is 0 Å². The lowest BCUT2D eigenvalue weighted by Gasteiger charge is -2.15. The van der Waals surface area contributed by atoms with Gasteiger partial charge >= 0.3 is 0 Å². The van der Waals surface area contributed by atoms with Crippen molar-refractivity contribution < 1.29 is 9.47 Å². The quantitative estimate of drug-likeness (QED) is 0.841. The summed E-state index contributed by atoms with van der Waals surface area (Å²) in [5, 5.41) is 0. The molecule has 0 aliphatic carbocycles. The summed E-state index contributed by atoms with van der Waals surface area (Å²) in [5.41, 5.74) is 6.90. The van der Waals surface area contributed by atoms with Crippen molar-refractivity contribution in [1.82, 2.24) is 0 Å². The van der Waals surface area contributed by atoms with Crippen LogP contribution in [0.15, 0.2) is 17.0 Å². The SMILES string of the molecule is COc1cc(SC)c(OC)cc1CC(C)N.Cl. The topological polar surface area (TPSA) is 44.5 Å². The van der Waals surface area contributed by atoms with Gasteiger partial charge in [-0.3, -0.25) is 0 Å². The van der Waals surface area contributed by atoms with Crippen LogP contribution in [-0.2, 0) is 6.42 Å². The minimum atomic E-state index is 0. The van der Waals surface area contributed by atoms with Crippen LogP contribution in [0.1, 0.15) is 12.5 Å². The summed E-state index contributed by atoms with van der Waals surface area (Å²) in [7, 11) is 3.35. The zero-order chi connectivity index (χ0) is 12.1. The molecule has 1 aromatic carbocycles. The molecule has 0 aliphatic rings. The van der Waals surface area contributed by atoms with Crippen molar-refractivity contribution in [1.29, 1.82) is 0 Å². The average Bonchev–Trinajstić information content (AvgIpc) is 2.27. The van der Waals surface area contributed by atoms with Crippen LogP contribution in [-0.4, -0.2) is 26.5 Å². The van der Waals surface area contributed by atoms with Crippen molar-refractivity contribution in [2.24, 2.45) is 5.73 Å². The molecule has 0 spiro atoms. The predicted molar refractivity (Wildman–Crippen MR) is 75.9 cm³/mol. The highest BCUT2D eigenvalue weighted by Crippen LogP contribution is 2.34. The first-order chi connectivity index (χ1) is 7.62. The first kappa shape index (κ1) is 16.4. The Hall–Kier alpha value is -0.580. The summed E-state index contributed by atoms with van der Waals surface area (Å²) in [5.74, 6) is 1.76. The van der Waals surface area contributed by atoms with Crippen molar-refractivity contribution in [2.45, 2.75) is 24.3 Å². The number of nitrogens with two attached hydrogens (primary N) is 1. The summed E-state index contributed by atoms with van der Waals surface area (Å²) in [6, 6.07) is 4.12. The summed E-state index contributed by atoms with van der Waals surface area (Å²) in [6.07, 6.45) is 2.80. The van der Waals surface area contributed by atoms with Gasteiger partial charge in [-0.25, -0.2) is 0 Å². The summed E-state index contributed by atoms with van der Waals surface area (Å²) < 4.78 is 10.7. The van der Waals surface area contributed by atoms with Crippen LogP contribution in [0.4, 0.5) is 0 Å². The number of ether oxygens (including phenoxy) is 2. The number of halogens is 1. The van der Waals surface area contributed by atoms with Gasteiger partial charge in [0.1, 0.15) is 11.5 Å². The second-order valence-corrected chi connectivity index (χ2v) is 4.55. The molecule has 0 saturated carbocycles. The normalized spacial score (nSPS) is 11.6. The lowest BCUT2D eigenvalue weighted by Crippen LogP contribution is -2.18. The van der Waals surface area contributed by atoms with E-state index < -0.39 is 0 Å². The second kappa shape index (κ2) is 7.69. The van der Waals surface area contributed by atoms with E-state index in [9.17, 15) is 0 Å². The van der Waals surface area contributed by atoms with Crippen molar-refractivity contribution in [3.05, 3.63) is 17.7 Å². The maximum Gasteiger partial charge on any atom is 0.132 e. The van der Waals surface area contributed by atoms with Crippen LogP contribution < -0.4 is 15.2 Å². The molecule has 17 heavy (non-hydrogen) atoms. The number of hydrogen-bond acceptors (Lipinski definition) is 4. The van der Waals surface area contributed by atoms with Crippen LogP contribution in [0.25, 0.3) is 0 Å². The van der Waals surface area contributed by atoms with Gasteiger partial charge in [0.05, 0.1) is 19.1 Å². The number of benzene rings is 1. The van der Waals surface area contributed by atoms with Gasteiger partial charge in [0, 0.05) is 6.04 Å². The molecule has 0 aromatic heterocycles. The molecule has 5 heteroatoms. The fourth-order valence-electron chi connectivity index (χ4n) is 1.60. The fourth-order valence-corrected chi connectivity index (χ4v) is 2.17. The number of hydrogen-bond donors (Lipinski definition) is 1. The zero-order valence-electron chi connectivity index (χ0n) is 10.6. The molecule has 3 nitrogen and oxygen atoms in total. The van der Waals surface area contributed by atoms with E-state index in [1.807, 2.05) is 25.3 Å². The van der Waals surface area contributed by atoms with Crippen LogP contribution >= 0.6 is 24.2 Å². The van der Waals surface area contributed by atoms with E-state index in [1.54, 1.807) is 26.0 Å². The lowest BCUT2D eigenvalue weighted by atomic mass is 10.1. The molecule has 1 unspecified atom stereocenters. The van der Waals surface area contributed by atoms with Gasteiger partial charge < -0.3 is 15.2 Å². The Morgan fingerprint density at radius 2 is 1.82 bits per heavy atom. The minimum absolute atomic E-state index is 0. The summed E-state index contributed by atoms with van der Waals surface area (Å²) in [6.45, 7) is 1.98. The van der Waals surface area contributed by atoms with E-state index >= 15 is 0 Å². The van der Waals surface area contributed by atoms with Crippen molar-refractivity contribution in [2.75, 3.05) is 20.5 Å². The molecule has 0 aliphatic heterocycles. The Balaban J connectivity index is 0.00000256. The Morgan fingerprint density at radius 3 is 2.24 bits per heavy atom. The molecule has 0 fully saturated rings.